The van der Waals surface area contributed by atoms with Crippen LogP contribution in [0.25, 0.3) is 22.0 Å². The molecular weight excluding hydrogens is 561 g/mol. The summed E-state index contributed by atoms with van der Waals surface area (Å²) in [5.41, 5.74) is 3.60. The summed E-state index contributed by atoms with van der Waals surface area (Å²) < 4.78 is 14.4. The maximum absolute atomic E-state index is 14.4. The van der Waals surface area contributed by atoms with Gasteiger partial charge >= 0.3 is 5.97 Å². The summed E-state index contributed by atoms with van der Waals surface area (Å²) >= 11 is 6.55. The van der Waals surface area contributed by atoms with Crippen molar-refractivity contribution in [3.63, 3.8) is 0 Å². The third-order valence-electron chi connectivity index (χ3n) is 7.39. The Balaban J connectivity index is 1.31. The fraction of sp³-hybridized carbons (Fsp3) is 0.300. The highest BCUT2D eigenvalue weighted by Crippen LogP contribution is 2.35. The number of anilines is 2. The molecule has 2 aromatic heterocycles. The van der Waals surface area contributed by atoms with E-state index < -0.39 is 12.0 Å². The Labute approximate surface area is 247 Å². The molecule has 12 heteroatoms. The maximum Gasteiger partial charge on any atom is 0.322 e. The third-order valence-corrected chi connectivity index (χ3v) is 7.68. The second kappa shape index (κ2) is 12.7. The van der Waals surface area contributed by atoms with Crippen LogP contribution in [0.1, 0.15) is 25.5 Å². The molecule has 0 spiro atoms. The molecule has 5 rings (SSSR count). The van der Waals surface area contributed by atoms with E-state index in [2.05, 4.69) is 25.6 Å². The lowest BCUT2D eigenvalue weighted by Gasteiger charge is -2.37. The monoisotopic (exact) mass is 591 g/mol. The van der Waals surface area contributed by atoms with Gasteiger partial charge in [0.15, 0.2) is 0 Å². The number of pyridine rings is 1. The Hall–Kier alpha value is -4.35. The smallest absolute Gasteiger partial charge is 0.322 e. The number of carbonyl (C=O) groups is 2. The summed E-state index contributed by atoms with van der Waals surface area (Å²) in [6, 6.07) is 11.3. The van der Waals surface area contributed by atoms with Crippen molar-refractivity contribution in [2.24, 2.45) is 0 Å². The molecular formula is C30H31ClFN7O3. The molecule has 1 amide bonds. The first-order valence-corrected chi connectivity index (χ1v) is 14.0. The summed E-state index contributed by atoms with van der Waals surface area (Å²) in [5, 5.41) is 16.8. The first-order valence-electron chi connectivity index (χ1n) is 13.6. The van der Waals surface area contributed by atoms with Gasteiger partial charge in [-0.3, -0.25) is 19.5 Å². The molecule has 0 saturated carbocycles. The van der Waals surface area contributed by atoms with E-state index in [0.29, 0.717) is 48.4 Å². The molecule has 218 valence electrons. The predicted octanol–water partition coefficient (Wildman–Crippen LogP) is 4.37. The highest BCUT2D eigenvalue weighted by molar-refractivity contribution is 6.34. The molecule has 10 nitrogen and oxygen atoms in total. The number of carboxylic acids is 1. The number of benzene rings is 2. The van der Waals surface area contributed by atoms with E-state index in [-0.39, 0.29) is 24.3 Å². The number of carbonyl (C=O) groups excluding carboxylic acids is 1. The van der Waals surface area contributed by atoms with Crippen LogP contribution in [0, 0.1) is 5.82 Å². The quantitative estimate of drug-likeness (QED) is 0.260. The number of piperazine rings is 1. The van der Waals surface area contributed by atoms with E-state index >= 15 is 0 Å². The zero-order valence-electron chi connectivity index (χ0n) is 23.2. The van der Waals surface area contributed by atoms with E-state index in [1.54, 1.807) is 36.8 Å². The van der Waals surface area contributed by atoms with Crippen LogP contribution in [-0.4, -0.2) is 75.6 Å². The normalized spacial score (nSPS) is 15.3. The molecule has 1 aliphatic rings. The summed E-state index contributed by atoms with van der Waals surface area (Å²) in [7, 11) is 0. The van der Waals surface area contributed by atoms with Gasteiger partial charge < -0.3 is 20.6 Å². The molecule has 0 aliphatic carbocycles. The number of amides is 1. The number of hydrogen-bond acceptors (Lipinski definition) is 8. The summed E-state index contributed by atoms with van der Waals surface area (Å²) in [6.45, 7) is 5.41. The number of carboxylic acid groups (broad SMARTS) is 1. The van der Waals surface area contributed by atoms with Crippen molar-refractivity contribution >= 4 is 46.0 Å². The molecule has 0 bridgehead atoms. The summed E-state index contributed by atoms with van der Waals surface area (Å²) in [6.07, 6.45) is 5.08. The van der Waals surface area contributed by atoms with E-state index in [1.807, 2.05) is 34.9 Å². The minimum absolute atomic E-state index is 0.0572. The molecule has 3 N–H and O–H groups in total. The van der Waals surface area contributed by atoms with Gasteiger partial charge in [-0.05, 0) is 30.7 Å². The number of aromatic nitrogens is 3. The second-order valence-electron chi connectivity index (χ2n) is 10.2. The van der Waals surface area contributed by atoms with Crippen LogP contribution in [0.2, 0.25) is 5.02 Å². The molecule has 3 heterocycles. The van der Waals surface area contributed by atoms with Crippen LogP contribution in [0.5, 0.6) is 0 Å². The van der Waals surface area contributed by atoms with Crippen molar-refractivity contribution in [3.8, 4) is 11.1 Å². The average molecular weight is 592 g/mol. The van der Waals surface area contributed by atoms with Crippen molar-refractivity contribution in [2.45, 2.75) is 25.9 Å². The molecule has 2 aromatic carbocycles. The van der Waals surface area contributed by atoms with Crippen molar-refractivity contribution in [1.29, 1.82) is 0 Å². The van der Waals surface area contributed by atoms with E-state index in [0.717, 1.165) is 22.0 Å². The summed E-state index contributed by atoms with van der Waals surface area (Å²) in [4.78, 5) is 40.5. The fourth-order valence-electron chi connectivity index (χ4n) is 5.10. The lowest BCUT2D eigenvalue weighted by Crippen LogP contribution is -2.56. The standard InChI is InChI=1S/C30H31ClFN7O3/c1-18(22-5-3-4-6-25(22)32)37-28-23-13-20(7-8-26(23)34-16-24(28)31)21-14-35-30(36-15-21)39-11-9-38(10-12-39)27(29(41)42)17-33-19(2)40/h3-8,13-16,18,27H,9-12,17H2,1-2H3,(H,33,40)(H,34,37)(H,41,42)/t18-,27?/m1/s1. The number of fused-ring (bicyclic) bond motifs is 1. The van der Waals surface area contributed by atoms with Gasteiger partial charge in [0.05, 0.1) is 22.3 Å². The first-order chi connectivity index (χ1) is 20.2. The number of rotatable bonds is 9. The van der Waals surface area contributed by atoms with Gasteiger partial charge in [0, 0.05) is 74.8 Å². The molecule has 1 aliphatic heterocycles. The molecule has 42 heavy (non-hydrogen) atoms. The zero-order valence-corrected chi connectivity index (χ0v) is 24.0. The number of halogens is 2. The van der Waals surface area contributed by atoms with Gasteiger partial charge in [-0.2, -0.15) is 0 Å². The van der Waals surface area contributed by atoms with E-state index in [9.17, 15) is 19.1 Å². The van der Waals surface area contributed by atoms with Crippen molar-refractivity contribution < 1.29 is 19.1 Å². The van der Waals surface area contributed by atoms with Gasteiger partial charge in [-0.15, -0.1) is 0 Å². The lowest BCUT2D eigenvalue weighted by atomic mass is 10.0. The highest BCUT2D eigenvalue weighted by atomic mass is 35.5. The van der Waals surface area contributed by atoms with Gasteiger partial charge in [-0.25, -0.2) is 14.4 Å². The minimum Gasteiger partial charge on any atom is -0.480 e. The molecule has 1 saturated heterocycles. The van der Waals surface area contributed by atoms with Crippen molar-refractivity contribution in [1.82, 2.24) is 25.2 Å². The van der Waals surface area contributed by atoms with E-state index in [4.69, 9.17) is 11.6 Å². The van der Waals surface area contributed by atoms with Crippen LogP contribution in [-0.2, 0) is 9.59 Å². The molecule has 2 atom stereocenters. The Morgan fingerprint density at radius 3 is 2.40 bits per heavy atom. The molecule has 4 aromatic rings. The Morgan fingerprint density at radius 1 is 1.02 bits per heavy atom. The number of nitrogens with one attached hydrogen (secondary N) is 2. The summed E-state index contributed by atoms with van der Waals surface area (Å²) in [5.74, 6) is -0.967. The fourth-order valence-corrected chi connectivity index (χ4v) is 5.30. The van der Waals surface area contributed by atoms with Gasteiger partial charge in [-0.1, -0.05) is 35.9 Å². The Morgan fingerprint density at radius 2 is 1.74 bits per heavy atom. The zero-order chi connectivity index (χ0) is 29.8. The number of nitrogens with zero attached hydrogens (tertiary/aromatic N) is 5. The third kappa shape index (κ3) is 6.42. The van der Waals surface area contributed by atoms with Crippen LogP contribution in [0.15, 0.2) is 61.1 Å². The van der Waals surface area contributed by atoms with Gasteiger partial charge in [0.1, 0.15) is 11.9 Å². The SMILES string of the molecule is CC(=O)NCC(C(=O)O)N1CCN(c2ncc(-c3ccc4ncc(Cl)c(N[C@H](C)c5ccccc5F)c4c3)cn2)CC1. The van der Waals surface area contributed by atoms with Crippen LogP contribution < -0.4 is 15.5 Å². The average Bonchev–Trinajstić information content (AvgIpc) is 2.99. The second-order valence-corrected chi connectivity index (χ2v) is 10.6. The van der Waals surface area contributed by atoms with Crippen molar-refractivity contribution in [2.75, 3.05) is 42.9 Å². The largest absolute Gasteiger partial charge is 0.480 e. The first kappa shape index (κ1) is 29.2. The number of aliphatic carboxylic acids is 1. The van der Waals surface area contributed by atoms with Gasteiger partial charge in [0.2, 0.25) is 11.9 Å². The van der Waals surface area contributed by atoms with Crippen molar-refractivity contribution in [3.05, 3.63) is 77.5 Å². The topological polar surface area (TPSA) is 124 Å². The molecule has 1 fully saturated rings. The van der Waals surface area contributed by atoms with Crippen LogP contribution >= 0.6 is 11.6 Å². The number of hydrogen-bond donors (Lipinski definition) is 3. The minimum atomic E-state index is -0.968. The van der Waals surface area contributed by atoms with Gasteiger partial charge in [0.25, 0.3) is 0 Å². The van der Waals surface area contributed by atoms with Crippen LogP contribution in [0.4, 0.5) is 16.0 Å². The highest BCUT2D eigenvalue weighted by Gasteiger charge is 2.29. The molecule has 0 radical (unpaired) electrons. The Kier molecular flexibility index (Phi) is 8.79. The Bertz CT molecular complexity index is 1600. The molecule has 1 unspecified atom stereocenters. The predicted molar refractivity (Wildman–Crippen MR) is 160 cm³/mol. The maximum atomic E-state index is 14.4. The lowest BCUT2D eigenvalue weighted by molar-refractivity contribution is -0.143. The van der Waals surface area contributed by atoms with Crippen LogP contribution in [0.3, 0.4) is 0 Å². The van der Waals surface area contributed by atoms with E-state index in [1.165, 1.54) is 13.0 Å².